The highest BCUT2D eigenvalue weighted by molar-refractivity contribution is 7.85. The van der Waals surface area contributed by atoms with Crippen molar-refractivity contribution in [3.63, 3.8) is 0 Å². The highest BCUT2D eigenvalue weighted by atomic mass is 32.2. The van der Waals surface area contributed by atoms with E-state index in [4.69, 9.17) is 4.74 Å². The van der Waals surface area contributed by atoms with Crippen molar-refractivity contribution < 1.29 is 17.7 Å². The molecule has 0 saturated carbocycles. The summed E-state index contributed by atoms with van der Waals surface area (Å²) in [5, 5.41) is 0. The topological polar surface area (TPSA) is 63.6 Å². The van der Waals surface area contributed by atoms with E-state index in [1.165, 1.54) is 83.5 Å². The molecule has 0 bridgehead atoms. The third-order valence-electron chi connectivity index (χ3n) is 6.21. The van der Waals surface area contributed by atoms with Gasteiger partial charge in [0.1, 0.15) is 5.75 Å². The predicted octanol–water partition coefficient (Wildman–Crippen LogP) is 8.62. The molecule has 1 aromatic carbocycles. The van der Waals surface area contributed by atoms with Gasteiger partial charge in [-0.05, 0) is 42.5 Å². The summed E-state index contributed by atoms with van der Waals surface area (Å²) in [6, 6.07) is 3.29. The van der Waals surface area contributed by atoms with Crippen LogP contribution in [0.2, 0.25) is 0 Å². The van der Waals surface area contributed by atoms with Crippen molar-refractivity contribution in [1.82, 2.24) is 0 Å². The SMILES string of the molecule is CCCCCCCCCCCCCCCCCOc1cc(C)c(S(=O)(=O)O)cc1C(C)C. The molecule has 0 spiro atoms. The molecule has 0 heterocycles. The molecular formula is C27H48O4S. The summed E-state index contributed by atoms with van der Waals surface area (Å²) >= 11 is 0. The molecule has 1 N–H and O–H groups in total. The van der Waals surface area contributed by atoms with E-state index >= 15 is 0 Å². The first-order valence-corrected chi connectivity index (χ1v) is 14.5. The summed E-state index contributed by atoms with van der Waals surface area (Å²) in [5.74, 6) is 0.849. The Balaban J connectivity index is 2.13. The van der Waals surface area contributed by atoms with E-state index in [9.17, 15) is 13.0 Å². The van der Waals surface area contributed by atoms with Gasteiger partial charge in [0.05, 0.1) is 11.5 Å². The molecule has 0 atom stereocenters. The molecule has 0 unspecified atom stereocenters. The lowest BCUT2D eigenvalue weighted by Gasteiger charge is -2.17. The maximum atomic E-state index is 11.6. The van der Waals surface area contributed by atoms with Gasteiger partial charge in [-0.2, -0.15) is 8.42 Å². The molecule has 0 radical (unpaired) electrons. The van der Waals surface area contributed by atoms with Gasteiger partial charge in [-0.15, -0.1) is 0 Å². The Morgan fingerprint density at radius 1 is 0.781 bits per heavy atom. The zero-order valence-corrected chi connectivity index (χ0v) is 21.9. The number of ether oxygens (including phenoxy) is 1. The highest BCUT2D eigenvalue weighted by Crippen LogP contribution is 2.32. The molecule has 4 nitrogen and oxygen atoms in total. The minimum atomic E-state index is -4.21. The summed E-state index contributed by atoms with van der Waals surface area (Å²) in [5.41, 5.74) is 1.34. The maximum absolute atomic E-state index is 11.6. The highest BCUT2D eigenvalue weighted by Gasteiger charge is 2.18. The van der Waals surface area contributed by atoms with Crippen LogP contribution in [0.4, 0.5) is 0 Å². The molecule has 1 rings (SSSR count). The molecule has 0 aliphatic heterocycles. The van der Waals surface area contributed by atoms with Gasteiger partial charge in [0.15, 0.2) is 0 Å². The van der Waals surface area contributed by atoms with Crippen molar-refractivity contribution in [2.45, 2.75) is 135 Å². The molecule has 0 fully saturated rings. The average Bonchev–Trinajstić information content (AvgIpc) is 2.72. The van der Waals surface area contributed by atoms with Crippen LogP contribution < -0.4 is 4.74 Å². The third kappa shape index (κ3) is 12.2. The first-order chi connectivity index (χ1) is 15.3. The zero-order chi connectivity index (χ0) is 23.8. The first kappa shape index (κ1) is 29.0. The summed E-state index contributed by atoms with van der Waals surface area (Å²) in [6.07, 6.45) is 20.0. The Labute approximate surface area is 198 Å². The molecule has 186 valence electrons. The molecule has 1 aromatic rings. The third-order valence-corrected chi connectivity index (χ3v) is 7.21. The van der Waals surface area contributed by atoms with E-state index in [2.05, 4.69) is 6.92 Å². The number of benzene rings is 1. The lowest BCUT2D eigenvalue weighted by Crippen LogP contribution is -2.07. The monoisotopic (exact) mass is 468 g/mol. The van der Waals surface area contributed by atoms with E-state index in [1.54, 1.807) is 19.1 Å². The van der Waals surface area contributed by atoms with Gasteiger partial charge >= 0.3 is 0 Å². The lowest BCUT2D eigenvalue weighted by atomic mass is 10.0. The lowest BCUT2D eigenvalue weighted by molar-refractivity contribution is 0.300. The molecule has 5 heteroatoms. The standard InChI is InChI=1S/C27H48O4S/c1-5-6-7-8-9-10-11-12-13-14-15-16-17-18-19-20-31-26-21-24(4)27(32(28,29)30)22-25(26)23(2)3/h21-23H,5-20H2,1-4H3,(H,28,29,30). The van der Waals surface area contributed by atoms with Crippen molar-refractivity contribution in [2.24, 2.45) is 0 Å². The van der Waals surface area contributed by atoms with E-state index in [1.807, 2.05) is 13.8 Å². The smallest absolute Gasteiger partial charge is 0.294 e. The molecule has 0 aliphatic carbocycles. The van der Waals surface area contributed by atoms with E-state index in [0.717, 1.165) is 24.2 Å². The number of rotatable bonds is 19. The van der Waals surface area contributed by atoms with Crippen LogP contribution >= 0.6 is 0 Å². The zero-order valence-electron chi connectivity index (χ0n) is 21.1. The van der Waals surface area contributed by atoms with Crippen LogP contribution in [0.25, 0.3) is 0 Å². The minimum Gasteiger partial charge on any atom is -0.493 e. The summed E-state index contributed by atoms with van der Waals surface area (Å²) in [7, 11) is -4.21. The fraction of sp³-hybridized carbons (Fsp3) is 0.778. The van der Waals surface area contributed by atoms with Gasteiger partial charge in [0.25, 0.3) is 10.1 Å². The molecule has 0 saturated heterocycles. The van der Waals surface area contributed by atoms with Crippen LogP contribution in [0.3, 0.4) is 0 Å². The Bertz CT molecular complexity index is 725. The Kier molecular flexibility index (Phi) is 15.0. The van der Waals surface area contributed by atoms with Gasteiger partial charge in [-0.25, -0.2) is 0 Å². The number of unbranched alkanes of at least 4 members (excludes halogenated alkanes) is 14. The van der Waals surface area contributed by atoms with E-state index < -0.39 is 10.1 Å². The number of aryl methyl sites for hydroxylation is 1. The van der Waals surface area contributed by atoms with Crippen molar-refractivity contribution >= 4 is 10.1 Å². The molecule has 0 aliphatic rings. The summed E-state index contributed by atoms with van der Waals surface area (Å²) < 4.78 is 38.6. The molecule has 0 aromatic heterocycles. The van der Waals surface area contributed by atoms with Crippen molar-refractivity contribution in [1.29, 1.82) is 0 Å². The van der Waals surface area contributed by atoms with Crippen LogP contribution in [0, 0.1) is 6.92 Å². The number of hydrogen-bond acceptors (Lipinski definition) is 3. The van der Waals surface area contributed by atoms with Crippen LogP contribution in [-0.4, -0.2) is 19.6 Å². The predicted molar refractivity (Wildman–Crippen MR) is 136 cm³/mol. The summed E-state index contributed by atoms with van der Waals surface area (Å²) in [4.78, 5) is -0.0273. The van der Waals surface area contributed by atoms with Gasteiger partial charge in [-0.3, -0.25) is 4.55 Å². The van der Waals surface area contributed by atoms with Crippen molar-refractivity contribution in [3.05, 3.63) is 23.3 Å². The Hall–Kier alpha value is -1.07. The normalized spacial score (nSPS) is 11.9. The van der Waals surface area contributed by atoms with Crippen LogP contribution in [0.5, 0.6) is 5.75 Å². The Morgan fingerprint density at radius 3 is 1.62 bits per heavy atom. The number of hydrogen-bond donors (Lipinski definition) is 1. The van der Waals surface area contributed by atoms with Crippen LogP contribution in [0.15, 0.2) is 17.0 Å². The Morgan fingerprint density at radius 2 is 1.22 bits per heavy atom. The van der Waals surface area contributed by atoms with Crippen LogP contribution in [-0.2, 0) is 10.1 Å². The van der Waals surface area contributed by atoms with Gasteiger partial charge in [0.2, 0.25) is 0 Å². The second-order valence-electron chi connectivity index (χ2n) is 9.58. The van der Waals surface area contributed by atoms with Gasteiger partial charge in [0, 0.05) is 0 Å². The fourth-order valence-corrected chi connectivity index (χ4v) is 4.93. The largest absolute Gasteiger partial charge is 0.493 e. The molecule has 32 heavy (non-hydrogen) atoms. The first-order valence-electron chi connectivity index (χ1n) is 13.0. The second kappa shape index (κ2) is 16.5. The van der Waals surface area contributed by atoms with E-state index in [-0.39, 0.29) is 10.8 Å². The second-order valence-corrected chi connectivity index (χ2v) is 11.0. The fourth-order valence-electron chi connectivity index (χ4n) is 4.19. The molecular weight excluding hydrogens is 420 g/mol. The van der Waals surface area contributed by atoms with Gasteiger partial charge in [-0.1, -0.05) is 111 Å². The van der Waals surface area contributed by atoms with E-state index in [0.29, 0.717) is 12.2 Å². The van der Waals surface area contributed by atoms with Crippen molar-refractivity contribution in [3.8, 4) is 5.75 Å². The minimum absolute atomic E-state index is 0.0273. The summed E-state index contributed by atoms with van der Waals surface area (Å²) in [6.45, 7) is 8.60. The van der Waals surface area contributed by atoms with Gasteiger partial charge < -0.3 is 4.74 Å². The quantitative estimate of drug-likeness (QED) is 0.163. The average molecular weight is 469 g/mol. The van der Waals surface area contributed by atoms with Crippen LogP contribution in [0.1, 0.15) is 134 Å². The molecule has 0 amide bonds. The maximum Gasteiger partial charge on any atom is 0.294 e. The van der Waals surface area contributed by atoms with Crippen molar-refractivity contribution in [2.75, 3.05) is 6.61 Å².